The van der Waals surface area contributed by atoms with Crippen LogP contribution in [-0.2, 0) is 14.8 Å². The molecule has 11 heteroatoms. The molecular formula is C16H16N4O6S. The second-order valence-corrected chi connectivity index (χ2v) is 7.02. The van der Waals surface area contributed by atoms with E-state index in [0.717, 1.165) is 0 Å². The van der Waals surface area contributed by atoms with Gasteiger partial charge in [-0.1, -0.05) is 17.3 Å². The normalized spacial score (nSPS) is 11.3. The molecule has 3 aromatic rings. The Morgan fingerprint density at radius 1 is 1.19 bits per heavy atom. The minimum Gasteiger partial charge on any atom is -0.483 e. The largest absolute Gasteiger partial charge is 0.483 e. The van der Waals surface area contributed by atoms with Gasteiger partial charge >= 0.3 is 0 Å². The summed E-state index contributed by atoms with van der Waals surface area (Å²) in [5, 5.41) is 6.06. The van der Waals surface area contributed by atoms with Crippen molar-refractivity contribution < 1.29 is 26.9 Å². The fourth-order valence-electron chi connectivity index (χ4n) is 2.11. The number of furan rings is 1. The molecule has 0 bridgehead atoms. The molecule has 0 radical (unpaired) electrons. The number of aromatic nitrogens is 2. The van der Waals surface area contributed by atoms with Gasteiger partial charge in [0.05, 0.1) is 5.56 Å². The number of nitrogens with one attached hydrogen (secondary N) is 2. The van der Waals surface area contributed by atoms with Crippen LogP contribution in [0.5, 0.6) is 5.75 Å². The van der Waals surface area contributed by atoms with E-state index in [4.69, 9.17) is 13.7 Å². The Bertz CT molecular complexity index is 1060. The summed E-state index contributed by atoms with van der Waals surface area (Å²) in [4.78, 5) is 15.6. The molecule has 0 atom stereocenters. The zero-order valence-electron chi connectivity index (χ0n) is 14.4. The van der Waals surface area contributed by atoms with Crippen LogP contribution in [0.15, 0.2) is 50.4 Å². The van der Waals surface area contributed by atoms with Crippen molar-refractivity contribution in [1.82, 2.24) is 20.2 Å². The molecule has 0 aliphatic carbocycles. The zero-order chi connectivity index (χ0) is 19.4. The number of amides is 1. The average Bonchev–Trinajstić information content (AvgIpc) is 3.36. The first kappa shape index (κ1) is 18.6. The summed E-state index contributed by atoms with van der Waals surface area (Å²) in [6.45, 7) is -0.165. The number of para-hydroxylation sites is 1. The Morgan fingerprint density at radius 2 is 1.96 bits per heavy atom. The third kappa shape index (κ3) is 3.99. The van der Waals surface area contributed by atoms with Crippen LogP contribution >= 0.6 is 0 Å². The molecule has 0 spiro atoms. The third-order valence-corrected chi connectivity index (χ3v) is 4.80. The van der Waals surface area contributed by atoms with Crippen molar-refractivity contribution in [3.8, 4) is 28.8 Å². The number of sulfonamides is 1. The van der Waals surface area contributed by atoms with Crippen LogP contribution in [-0.4, -0.2) is 45.2 Å². The maximum absolute atomic E-state index is 11.7. The van der Waals surface area contributed by atoms with E-state index in [9.17, 15) is 13.2 Å². The molecule has 2 aromatic heterocycles. The van der Waals surface area contributed by atoms with Crippen molar-refractivity contribution in [3.05, 3.63) is 36.4 Å². The number of ether oxygens (including phenoxy) is 1. The van der Waals surface area contributed by atoms with Crippen molar-refractivity contribution in [2.45, 2.75) is 5.09 Å². The van der Waals surface area contributed by atoms with E-state index in [1.165, 1.54) is 26.2 Å². The van der Waals surface area contributed by atoms with E-state index >= 15 is 0 Å². The van der Waals surface area contributed by atoms with Gasteiger partial charge in [-0.05, 0) is 31.3 Å². The van der Waals surface area contributed by atoms with Crippen LogP contribution in [0.1, 0.15) is 0 Å². The van der Waals surface area contributed by atoms with Crippen molar-refractivity contribution in [2.24, 2.45) is 0 Å². The number of carbonyl (C=O) groups excluding carboxylic acids is 1. The van der Waals surface area contributed by atoms with Crippen LogP contribution in [0.2, 0.25) is 0 Å². The van der Waals surface area contributed by atoms with Crippen LogP contribution in [0.4, 0.5) is 0 Å². The Labute approximate surface area is 154 Å². The van der Waals surface area contributed by atoms with Gasteiger partial charge in [0.2, 0.25) is 10.9 Å². The van der Waals surface area contributed by atoms with Crippen LogP contribution in [0.3, 0.4) is 0 Å². The predicted octanol–water partition coefficient (Wildman–Crippen LogP) is 1.03. The Morgan fingerprint density at radius 3 is 2.70 bits per heavy atom. The molecular weight excluding hydrogens is 376 g/mol. The van der Waals surface area contributed by atoms with Crippen molar-refractivity contribution in [3.63, 3.8) is 0 Å². The van der Waals surface area contributed by atoms with Crippen molar-refractivity contribution in [1.29, 1.82) is 0 Å². The van der Waals surface area contributed by atoms with Gasteiger partial charge in [0.1, 0.15) is 5.75 Å². The smallest absolute Gasteiger partial charge is 0.294 e. The van der Waals surface area contributed by atoms with Gasteiger partial charge in [0, 0.05) is 7.05 Å². The number of carbonyl (C=O) groups is 1. The topological polar surface area (TPSA) is 137 Å². The first-order valence-corrected chi connectivity index (χ1v) is 9.23. The standard InChI is InChI=1S/C16H16N4O6S/c1-17-13(21)9-24-11-6-4-3-5-10(11)15-19-16(26-20-15)12-7-8-14(25-12)27(22,23)18-2/h3-8,18H,9H2,1-2H3,(H,17,21). The molecule has 0 fully saturated rings. The summed E-state index contributed by atoms with van der Waals surface area (Å²) in [6.07, 6.45) is 0. The number of hydrogen-bond acceptors (Lipinski definition) is 8. The molecule has 1 aromatic carbocycles. The van der Waals surface area contributed by atoms with Crippen LogP contribution < -0.4 is 14.8 Å². The summed E-state index contributed by atoms with van der Waals surface area (Å²) >= 11 is 0. The maximum atomic E-state index is 11.7. The van der Waals surface area contributed by atoms with Gasteiger partial charge < -0.3 is 19.0 Å². The number of benzene rings is 1. The molecule has 0 aliphatic rings. The quantitative estimate of drug-likeness (QED) is 0.608. The van der Waals surface area contributed by atoms with Gasteiger partial charge in [0.15, 0.2) is 12.4 Å². The van der Waals surface area contributed by atoms with Crippen LogP contribution in [0.25, 0.3) is 23.0 Å². The predicted molar refractivity (Wildman–Crippen MR) is 93.2 cm³/mol. The first-order chi connectivity index (χ1) is 12.9. The molecule has 2 heterocycles. The van der Waals surface area contributed by atoms with E-state index < -0.39 is 10.0 Å². The van der Waals surface area contributed by atoms with Gasteiger partial charge in [-0.15, -0.1) is 0 Å². The van der Waals surface area contributed by atoms with E-state index in [1.54, 1.807) is 24.3 Å². The lowest BCUT2D eigenvalue weighted by molar-refractivity contribution is -0.122. The molecule has 2 N–H and O–H groups in total. The van der Waals surface area contributed by atoms with E-state index in [2.05, 4.69) is 20.2 Å². The minimum absolute atomic E-state index is 0.00339. The second-order valence-electron chi connectivity index (χ2n) is 5.21. The number of likely N-dealkylation sites (N-methyl/N-ethyl adjacent to an activating group) is 1. The zero-order valence-corrected chi connectivity index (χ0v) is 15.2. The fourth-order valence-corrected chi connectivity index (χ4v) is 2.75. The van der Waals surface area contributed by atoms with Gasteiger partial charge in [-0.2, -0.15) is 4.98 Å². The number of hydrogen-bond donors (Lipinski definition) is 2. The lowest BCUT2D eigenvalue weighted by atomic mass is 10.2. The SMILES string of the molecule is CNC(=O)COc1ccccc1-c1noc(-c2ccc(S(=O)(=O)NC)o2)n1. The monoisotopic (exact) mass is 392 g/mol. The minimum atomic E-state index is -3.72. The lowest BCUT2D eigenvalue weighted by Gasteiger charge is -2.08. The number of nitrogens with zero attached hydrogens (tertiary/aromatic N) is 2. The lowest BCUT2D eigenvalue weighted by Crippen LogP contribution is -2.24. The highest BCUT2D eigenvalue weighted by atomic mass is 32.2. The molecule has 0 unspecified atom stereocenters. The highest BCUT2D eigenvalue weighted by Crippen LogP contribution is 2.30. The fraction of sp³-hybridized carbons (Fsp3) is 0.188. The van der Waals surface area contributed by atoms with Crippen LogP contribution in [0, 0.1) is 0 Å². The molecule has 10 nitrogen and oxygen atoms in total. The van der Waals surface area contributed by atoms with E-state index in [0.29, 0.717) is 11.3 Å². The third-order valence-electron chi connectivity index (χ3n) is 3.52. The second kappa shape index (κ2) is 7.60. The summed E-state index contributed by atoms with van der Waals surface area (Å²) in [6, 6.07) is 9.56. The molecule has 0 aliphatic heterocycles. The molecule has 27 heavy (non-hydrogen) atoms. The summed E-state index contributed by atoms with van der Waals surface area (Å²) in [5.74, 6) is 0.417. The molecule has 0 saturated heterocycles. The molecule has 1 amide bonds. The molecule has 3 rings (SSSR count). The molecule has 0 saturated carbocycles. The Hall–Kier alpha value is -3.18. The summed E-state index contributed by atoms with van der Waals surface area (Å²) in [5.41, 5.74) is 0.506. The average molecular weight is 392 g/mol. The summed E-state index contributed by atoms with van der Waals surface area (Å²) < 4.78 is 41.6. The highest BCUT2D eigenvalue weighted by molar-refractivity contribution is 7.89. The molecule has 142 valence electrons. The van der Waals surface area contributed by atoms with Gasteiger partial charge in [-0.3, -0.25) is 4.79 Å². The van der Waals surface area contributed by atoms with Gasteiger partial charge in [-0.25, -0.2) is 13.1 Å². The first-order valence-electron chi connectivity index (χ1n) is 7.75. The van der Waals surface area contributed by atoms with Crippen molar-refractivity contribution >= 4 is 15.9 Å². The van der Waals surface area contributed by atoms with Gasteiger partial charge in [0.25, 0.3) is 21.8 Å². The van der Waals surface area contributed by atoms with E-state index in [-0.39, 0.29) is 35.1 Å². The Kier molecular flexibility index (Phi) is 5.23. The maximum Gasteiger partial charge on any atom is 0.294 e. The van der Waals surface area contributed by atoms with E-state index in [1.807, 2.05) is 0 Å². The van der Waals surface area contributed by atoms with Crippen molar-refractivity contribution in [2.75, 3.05) is 20.7 Å². The highest BCUT2D eigenvalue weighted by Gasteiger charge is 2.21. The Balaban J connectivity index is 1.88. The summed E-state index contributed by atoms with van der Waals surface area (Å²) in [7, 11) is -0.935. The number of rotatable bonds is 7.